The van der Waals surface area contributed by atoms with Crippen LogP contribution in [0.25, 0.3) is 0 Å². The standard InChI is InChI=1S/C12H19IN2O2/c1-6-12(4,17-5)11-14-9(7(2)3)8(13)10(16)15-11/h7H,6H2,1-5H3,(H,14,15,16). The van der Waals surface area contributed by atoms with Gasteiger partial charge in [-0.1, -0.05) is 20.8 Å². The maximum Gasteiger partial charge on any atom is 0.264 e. The van der Waals surface area contributed by atoms with Crippen LogP contribution in [0.3, 0.4) is 0 Å². The number of methoxy groups -OCH3 is 1. The number of hydrogen-bond acceptors (Lipinski definition) is 3. The number of H-pyrrole nitrogens is 1. The molecule has 0 amide bonds. The van der Waals surface area contributed by atoms with Crippen LogP contribution in [0.4, 0.5) is 0 Å². The van der Waals surface area contributed by atoms with E-state index in [-0.39, 0.29) is 11.5 Å². The fraction of sp³-hybridized carbons (Fsp3) is 0.667. The Bertz CT molecular complexity index is 450. The zero-order chi connectivity index (χ0) is 13.2. The number of nitrogens with zero attached hydrogens (tertiary/aromatic N) is 1. The van der Waals surface area contributed by atoms with Crippen molar-refractivity contribution in [1.82, 2.24) is 9.97 Å². The van der Waals surface area contributed by atoms with Crippen molar-refractivity contribution in [1.29, 1.82) is 0 Å². The van der Waals surface area contributed by atoms with Gasteiger partial charge in [0.25, 0.3) is 5.56 Å². The number of hydrogen-bond donors (Lipinski definition) is 1. The summed E-state index contributed by atoms with van der Waals surface area (Å²) in [5.41, 5.74) is 0.213. The van der Waals surface area contributed by atoms with Gasteiger partial charge in [-0.3, -0.25) is 4.79 Å². The topological polar surface area (TPSA) is 55.0 Å². The molecule has 0 bridgehead atoms. The third kappa shape index (κ3) is 2.88. The van der Waals surface area contributed by atoms with Crippen LogP contribution in [0.15, 0.2) is 4.79 Å². The molecule has 0 aliphatic heterocycles. The number of halogens is 1. The molecule has 1 aromatic rings. The van der Waals surface area contributed by atoms with Crippen LogP contribution in [0.1, 0.15) is 51.6 Å². The maximum absolute atomic E-state index is 11.9. The first-order valence-electron chi connectivity index (χ1n) is 5.71. The van der Waals surface area contributed by atoms with Gasteiger partial charge >= 0.3 is 0 Å². The van der Waals surface area contributed by atoms with Crippen LogP contribution in [0.5, 0.6) is 0 Å². The minimum absolute atomic E-state index is 0.0870. The van der Waals surface area contributed by atoms with Gasteiger partial charge in [-0.15, -0.1) is 0 Å². The largest absolute Gasteiger partial charge is 0.371 e. The predicted octanol–water partition coefficient (Wildman–Crippen LogP) is 2.77. The van der Waals surface area contributed by atoms with Crippen LogP contribution in [-0.2, 0) is 10.3 Å². The molecule has 1 unspecified atom stereocenters. The molecule has 4 nitrogen and oxygen atoms in total. The molecule has 1 rings (SSSR count). The second kappa shape index (κ2) is 5.48. The summed E-state index contributed by atoms with van der Waals surface area (Å²) in [5, 5.41) is 0. The first kappa shape index (κ1) is 14.6. The Labute approximate surface area is 115 Å². The van der Waals surface area contributed by atoms with E-state index in [4.69, 9.17) is 4.74 Å². The van der Waals surface area contributed by atoms with Crippen molar-refractivity contribution in [2.45, 2.75) is 45.6 Å². The zero-order valence-corrected chi connectivity index (χ0v) is 13.1. The van der Waals surface area contributed by atoms with Crippen LogP contribution in [0, 0.1) is 3.57 Å². The van der Waals surface area contributed by atoms with E-state index < -0.39 is 5.60 Å². The number of nitrogens with one attached hydrogen (secondary N) is 1. The smallest absolute Gasteiger partial charge is 0.264 e. The van der Waals surface area contributed by atoms with Crippen molar-refractivity contribution < 1.29 is 4.74 Å². The maximum atomic E-state index is 11.9. The zero-order valence-electron chi connectivity index (χ0n) is 10.9. The third-order valence-corrected chi connectivity index (χ3v) is 4.10. The second-order valence-corrected chi connectivity index (χ2v) is 5.64. The van der Waals surface area contributed by atoms with Crippen molar-refractivity contribution in [2.75, 3.05) is 7.11 Å². The molecule has 17 heavy (non-hydrogen) atoms. The molecular formula is C12H19IN2O2. The van der Waals surface area contributed by atoms with Gasteiger partial charge in [0.1, 0.15) is 11.4 Å². The number of aromatic amines is 1. The molecule has 0 saturated carbocycles. The Balaban J connectivity index is 3.43. The highest BCUT2D eigenvalue weighted by Crippen LogP contribution is 2.26. The summed E-state index contributed by atoms with van der Waals surface area (Å²) in [5.74, 6) is 0.831. The molecule has 5 heteroatoms. The second-order valence-electron chi connectivity index (χ2n) is 4.56. The van der Waals surface area contributed by atoms with Crippen LogP contribution >= 0.6 is 22.6 Å². The van der Waals surface area contributed by atoms with E-state index in [2.05, 4.69) is 9.97 Å². The van der Waals surface area contributed by atoms with Crippen molar-refractivity contribution in [3.05, 3.63) is 25.4 Å². The van der Waals surface area contributed by atoms with Gasteiger partial charge in [-0.25, -0.2) is 4.98 Å². The molecule has 0 radical (unpaired) electrons. The van der Waals surface area contributed by atoms with E-state index >= 15 is 0 Å². The lowest BCUT2D eigenvalue weighted by atomic mass is 10.0. The first-order valence-corrected chi connectivity index (χ1v) is 6.79. The van der Waals surface area contributed by atoms with Gasteiger partial charge in [0, 0.05) is 7.11 Å². The lowest BCUT2D eigenvalue weighted by Crippen LogP contribution is -2.31. The molecule has 1 heterocycles. The molecule has 0 spiro atoms. The normalized spacial score (nSPS) is 15.0. The number of aromatic nitrogens is 2. The molecule has 0 fully saturated rings. The summed E-state index contributed by atoms with van der Waals surface area (Å²) in [4.78, 5) is 19.3. The molecule has 1 N–H and O–H groups in total. The Morgan fingerprint density at radius 2 is 2.12 bits per heavy atom. The molecule has 0 aliphatic rings. The predicted molar refractivity (Wildman–Crippen MR) is 76.3 cm³/mol. The molecule has 0 saturated heterocycles. The molecular weight excluding hydrogens is 331 g/mol. The quantitative estimate of drug-likeness (QED) is 0.850. The minimum atomic E-state index is -0.535. The van der Waals surface area contributed by atoms with E-state index in [1.807, 2.05) is 50.3 Å². The molecule has 96 valence electrons. The van der Waals surface area contributed by atoms with E-state index in [0.29, 0.717) is 9.39 Å². The summed E-state index contributed by atoms with van der Waals surface area (Å²) < 4.78 is 6.13. The van der Waals surface area contributed by atoms with Gasteiger partial charge in [0.05, 0.1) is 9.26 Å². The van der Waals surface area contributed by atoms with Crippen molar-refractivity contribution >= 4 is 22.6 Å². The third-order valence-electron chi connectivity index (χ3n) is 3.06. The molecule has 0 aliphatic carbocycles. The van der Waals surface area contributed by atoms with E-state index in [0.717, 1.165) is 12.1 Å². The molecule has 1 aromatic heterocycles. The minimum Gasteiger partial charge on any atom is -0.371 e. The van der Waals surface area contributed by atoms with Crippen LogP contribution < -0.4 is 5.56 Å². The van der Waals surface area contributed by atoms with Crippen molar-refractivity contribution in [2.24, 2.45) is 0 Å². The van der Waals surface area contributed by atoms with E-state index in [9.17, 15) is 4.79 Å². The first-order chi connectivity index (χ1) is 7.85. The Hall–Kier alpha value is -0.430. The van der Waals surface area contributed by atoms with Crippen molar-refractivity contribution in [3.63, 3.8) is 0 Å². The van der Waals surface area contributed by atoms with Gasteiger partial charge in [0.2, 0.25) is 0 Å². The van der Waals surface area contributed by atoms with Crippen LogP contribution in [0.2, 0.25) is 0 Å². The van der Waals surface area contributed by atoms with E-state index in [1.165, 1.54) is 0 Å². The average molecular weight is 350 g/mol. The fourth-order valence-electron chi connectivity index (χ4n) is 1.52. The lowest BCUT2D eigenvalue weighted by Gasteiger charge is -2.26. The van der Waals surface area contributed by atoms with Gasteiger partial charge in [0.15, 0.2) is 0 Å². The fourth-order valence-corrected chi connectivity index (χ4v) is 2.40. The monoisotopic (exact) mass is 350 g/mol. The van der Waals surface area contributed by atoms with Gasteiger partial charge in [-0.05, 0) is 41.9 Å². The van der Waals surface area contributed by atoms with Gasteiger partial charge in [-0.2, -0.15) is 0 Å². The summed E-state index contributed by atoms with van der Waals surface area (Å²) in [7, 11) is 1.64. The molecule has 0 aromatic carbocycles. The Morgan fingerprint density at radius 1 is 1.53 bits per heavy atom. The highest BCUT2D eigenvalue weighted by molar-refractivity contribution is 14.1. The highest BCUT2D eigenvalue weighted by atomic mass is 127. The Morgan fingerprint density at radius 3 is 2.53 bits per heavy atom. The lowest BCUT2D eigenvalue weighted by molar-refractivity contribution is -0.00943. The highest BCUT2D eigenvalue weighted by Gasteiger charge is 2.28. The van der Waals surface area contributed by atoms with Gasteiger partial charge < -0.3 is 9.72 Å². The molecule has 1 atom stereocenters. The number of rotatable bonds is 4. The summed E-state index contributed by atoms with van der Waals surface area (Å²) in [6.07, 6.45) is 0.755. The van der Waals surface area contributed by atoms with E-state index in [1.54, 1.807) is 7.11 Å². The van der Waals surface area contributed by atoms with Crippen LogP contribution in [-0.4, -0.2) is 17.1 Å². The van der Waals surface area contributed by atoms with Crippen molar-refractivity contribution in [3.8, 4) is 0 Å². The summed E-state index contributed by atoms with van der Waals surface area (Å²) in [6, 6.07) is 0. The number of ether oxygens (including phenoxy) is 1. The Kier molecular flexibility index (Phi) is 4.71. The SMILES string of the molecule is CCC(C)(OC)c1nc(C(C)C)c(I)c(=O)[nH]1. The summed E-state index contributed by atoms with van der Waals surface area (Å²) >= 11 is 2.04. The summed E-state index contributed by atoms with van der Waals surface area (Å²) in [6.45, 7) is 8.01. The average Bonchev–Trinajstić information content (AvgIpc) is 2.30.